The third-order valence-corrected chi connectivity index (χ3v) is 4.64. The maximum absolute atomic E-state index is 5.75. The van der Waals surface area contributed by atoms with Gasteiger partial charge in [-0.3, -0.25) is 0 Å². The summed E-state index contributed by atoms with van der Waals surface area (Å²) in [5.41, 5.74) is 0.889. The van der Waals surface area contributed by atoms with Crippen LogP contribution in [0.5, 0.6) is 0 Å². The minimum absolute atomic E-state index is 0. The Hall–Kier alpha value is -0.0800. The number of ether oxygens (including phenoxy) is 1. The van der Waals surface area contributed by atoms with Crippen molar-refractivity contribution in [1.82, 2.24) is 0 Å². The Kier molecular flexibility index (Phi) is 1.33. The van der Waals surface area contributed by atoms with Gasteiger partial charge in [0.2, 0.25) is 0 Å². The predicted molar refractivity (Wildman–Crippen MR) is 46.9 cm³/mol. The molecular formula is C10H18O2. The molecule has 1 aliphatic heterocycles. The van der Waals surface area contributed by atoms with Gasteiger partial charge in [-0.1, -0.05) is 13.8 Å². The van der Waals surface area contributed by atoms with Crippen LogP contribution < -0.4 is 0 Å². The Labute approximate surface area is 73.6 Å². The summed E-state index contributed by atoms with van der Waals surface area (Å²) in [6.07, 6.45) is 3.40. The van der Waals surface area contributed by atoms with Crippen LogP contribution in [0.25, 0.3) is 0 Å². The van der Waals surface area contributed by atoms with Gasteiger partial charge >= 0.3 is 0 Å². The Morgan fingerprint density at radius 2 is 1.83 bits per heavy atom. The lowest BCUT2D eigenvalue weighted by Gasteiger charge is -2.57. The third-order valence-electron chi connectivity index (χ3n) is 4.64. The molecule has 3 aliphatic carbocycles. The standard InChI is InChI=1S/C10H16O.H2O/c1-9(2)6-4-7(9)10(3)8(5-6)11-10;/h6-8H,4-5H2,1-3H3;1H2. The lowest BCUT2D eigenvalue weighted by atomic mass is 9.46. The van der Waals surface area contributed by atoms with E-state index in [0.29, 0.717) is 17.1 Å². The first-order chi connectivity index (χ1) is 5.05. The van der Waals surface area contributed by atoms with Gasteiger partial charge in [0.1, 0.15) is 0 Å². The van der Waals surface area contributed by atoms with Crippen LogP contribution in [0, 0.1) is 17.3 Å². The highest BCUT2D eigenvalue weighted by Crippen LogP contribution is 2.70. The van der Waals surface area contributed by atoms with E-state index < -0.39 is 0 Å². The van der Waals surface area contributed by atoms with Crippen molar-refractivity contribution < 1.29 is 10.2 Å². The number of hydrogen-bond acceptors (Lipinski definition) is 1. The van der Waals surface area contributed by atoms with Gasteiger partial charge < -0.3 is 10.2 Å². The molecule has 2 N–H and O–H groups in total. The van der Waals surface area contributed by atoms with E-state index in [1.165, 1.54) is 12.8 Å². The average Bonchev–Trinajstić information content (AvgIpc) is 2.58. The first-order valence-corrected chi connectivity index (χ1v) is 4.73. The zero-order valence-corrected chi connectivity index (χ0v) is 8.05. The lowest BCUT2D eigenvalue weighted by Crippen LogP contribution is -2.56. The fourth-order valence-corrected chi connectivity index (χ4v) is 3.51. The van der Waals surface area contributed by atoms with Gasteiger partial charge in [0.25, 0.3) is 0 Å². The summed E-state index contributed by atoms with van der Waals surface area (Å²) < 4.78 is 5.75. The maximum atomic E-state index is 5.75. The minimum atomic E-state index is 0. The monoisotopic (exact) mass is 170 g/mol. The van der Waals surface area contributed by atoms with E-state index in [4.69, 9.17) is 4.74 Å². The molecule has 0 radical (unpaired) electrons. The Bertz CT molecular complexity index is 219. The summed E-state index contributed by atoms with van der Waals surface area (Å²) >= 11 is 0. The summed E-state index contributed by atoms with van der Waals surface area (Å²) in [5.74, 6) is 1.83. The summed E-state index contributed by atoms with van der Waals surface area (Å²) in [6.45, 7) is 7.13. The van der Waals surface area contributed by atoms with Gasteiger partial charge in [-0.15, -0.1) is 0 Å². The van der Waals surface area contributed by atoms with E-state index in [2.05, 4.69) is 20.8 Å². The molecule has 4 aliphatic rings. The fraction of sp³-hybridized carbons (Fsp3) is 1.00. The lowest BCUT2D eigenvalue weighted by molar-refractivity contribution is -0.0789. The zero-order chi connectivity index (χ0) is 7.85. The van der Waals surface area contributed by atoms with Crippen molar-refractivity contribution in [2.75, 3.05) is 0 Å². The highest BCUT2D eigenvalue weighted by atomic mass is 16.6. The molecule has 3 saturated carbocycles. The quantitative estimate of drug-likeness (QED) is 0.506. The van der Waals surface area contributed by atoms with Crippen molar-refractivity contribution >= 4 is 0 Å². The maximum Gasteiger partial charge on any atom is 0.0953 e. The van der Waals surface area contributed by atoms with Crippen LogP contribution in [-0.2, 0) is 4.74 Å². The van der Waals surface area contributed by atoms with Crippen molar-refractivity contribution in [3.05, 3.63) is 0 Å². The summed E-state index contributed by atoms with van der Waals surface area (Å²) in [4.78, 5) is 0. The Morgan fingerprint density at radius 1 is 1.17 bits per heavy atom. The number of epoxide rings is 1. The largest absolute Gasteiger partial charge is 0.412 e. The second-order valence-electron chi connectivity index (χ2n) is 5.33. The van der Waals surface area contributed by atoms with E-state index in [1.54, 1.807) is 0 Å². The van der Waals surface area contributed by atoms with E-state index in [0.717, 1.165) is 11.8 Å². The molecule has 0 amide bonds. The second kappa shape index (κ2) is 1.88. The van der Waals surface area contributed by atoms with Gasteiger partial charge in [-0.05, 0) is 37.0 Å². The van der Waals surface area contributed by atoms with Crippen molar-refractivity contribution in [3.63, 3.8) is 0 Å². The van der Waals surface area contributed by atoms with Crippen LogP contribution >= 0.6 is 0 Å². The van der Waals surface area contributed by atoms with Crippen molar-refractivity contribution in [2.24, 2.45) is 17.3 Å². The number of hydrogen-bond donors (Lipinski definition) is 0. The smallest absolute Gasteiger partial charge is 0.0953 e. The van der Waals surface area contributed by atoms with E-state index >= 15 is 0 Å². The normalized spacial score (nSPS) is 57.8. The van der Waals surface area contributed by atoms with Crippen LogP contribution in [0.2, 0.25) is 0 Å². The van der Waals surface area contributed by atoms with E-state index in [1.807, 2.05) is 0 Å². The molecule has 2 heteroatoms. The van der Waals surface area contributed by atoms with Gasteiger partial charge in [-0.2, -0.15) is 0 Å². The minimum Gasteiger partial charge on any atom is -0.412 e. The molecule has 2 nitrogen and oxygen atoms in total. The molecule has 0 aromatic rings. The first-order valence-electron chi connectivity index (χ1n) is 4.73. The SMILES string of the molecule is CC1(C)C2CC3OC3(C)C1C2.O. The van der Waals surface area contributed by atoms with Gasteiger partial charge in [-0.25, -0.2) is 0 Å². The molecule has 12 heavy (non-hydrogen) atoms. The summed E-state index contributed by atoms with van der Waals surface area (Å²) in [7, 11) is 0. The second-order valence-corrected chi connectivity index (χ2v) is 5.33. The molecule has 0 spiro atoms. The molecule has 0 aromatic carbocycles. The fourth-order valence-electron chi connectivity index (χ4n) is 3.51. The molecule has 4 rings (SSSR count). The molecule has 4 fully saturated rings. The molecule has 0 aromatic heterocycles. The molecular weight excluding hydrogens is 152 g/mol. The van der Waals surface area contributed by atoms with Gasteiger partial charge in [0.15, 0.2) is 0 Å². The van der Waals surface area contributed by atoms with Gasteiger partial charge in [0, 0.05) is 0 Å². The molecule has 1 heterocycles. The average molecular weight is 170 g/mol. The highest BCUT2D eigenvalue weighted by Gasteiger charge is 2.72. The molecule has 1 saturated heterocycles. The van der Waals surface area contributed by atoms with Crippen LogP contribution in [-0.4, -0.2) is 17.2 Å². The Morgan fingerprint density at radius 3 is 2.25 bits per heavy atom. The number of rotatable bonds is 0. The van der Waals surface area contributed by atoms with Crippen LogP contribution in [0.15, 0.2) is 0 Å². The van der Waals surface area contributed by atoms with Crippen LogP contribution in [0.4, 0.5) is 0 Å². The van der Waals surface area contributed by atoms with E-state index in [-0.39, 0.29) is 5.48 Å². The first kappa shape index (κ1) is 8.52. The third kappa shape index (κ3) is 0.647. The summed E-state index contributed by atoms with van der Waals surface area (Å²) in [6, 6.07) is 0. The molecule has 4 atom stereocenters. The highest BCUT2D eigenvalue weighted by molar-refractivity contribution is 5.20. The topological polar surface area (TPSA) is 44.0 Å². The van der Waals surface area contributed by atoms with Crippen LogP contribution in [0.1, 0.15) is 33.6 Å². The molecule has 70 valence electrons. The molecule has 2 bridgehead atoms. The summed E-state index contributed by atoms with van der Waals surface area (Å²) in [5, 5.41) is 0. The van der Waals surface area contributed by atoms with Crippen molar-refractivity contribution in [2.45, 2.75) is 45.3 Å². The van der Waals surface area contributed by atoms with Gasteiger partial charge in [0.05, 0.1) is 11.7 Å². The van der Waals surface area contributed by atoms with Crippen molar-refractivity contribution in [3.8, 4) is 0 Å². The van der Waals surface area contributed by atoms with Crippen LogP contribution in [0.3, 0.4) is 0 Å². The molecule has 4 unspecified atom stereocenters. The van der Waals surface area contributed by atoms with E-state index in [9.17, 15) is 0 Å². The van der Waals surface area contributed by atoms with Crippen molar-refractivity contribution in [1.29, 1.82) is 0 Å². The zero-order valence-electron chi connectivity index (χ0n) is 8.05. The Balaban J connectivity index is 0.000000563. The predicted octanol–water partition coefficient (Wildman–Crippen LogP) is 1.39.